The molecule has 2 aliphatic carbocycles. The maximum atomic E-state index is 2.48. The Balaban J connectivity index is 1.76. The lowest BCUT2D eigenvalue weighted by Crippen LogP contribution is -2.34. The van der Waals surface area contributed by atoms with E-state index in [9.17, 15) is 0 Å². The molecule has 0 saturated heterocycles. The molecule has 31 heavy (non-hydrogen) atoms. The minimum absolute atomic E-state index is 0.249. The van der Waals surface area contributed by atoms with Crippen molar-refractivity contribution in [2.24, 2.45) is 0 Å². The van der Waals surface area contributed by atoms with Crippen molar-refractivity contribution >= 4 is 5.69 Å². The highest BCUT2D eigenvalue weighted by Crippen LogP contribution is 2.59. The van der Waals surface area contributed by atoms with Gasteiger partial charge in [0.1, 0.15) is 0 Å². The van der Waals surface area contributed by atoms with Crippen molar-refractivity contribution in [1.82, 2.24) is 0 Å². The van der Waals surface area contributed by atoms with E-state index in [4.69, 9.17) is 0 Å². The van der Waals surface area contributed by atoms with Crippen LogP contribution in [0.25, 0.3) is 11.1 Å². The van der Waals surface area contributed by atoms with Crippen molar-refractivity contribution in [2.45, 2.75) is 25.7 Å². The zero-order chi connectivity index (χ0) is 21.0. The van der Waals surface area contributed by atoms with Crippen LogP contribution in [-0.4, -0.2) is 13.1 Å². The molecule has 0 N–H and O–H groups in total. The molecule has 4 aromatic rings. The van der Waals surface area contributed by atoms with E-state index in [0.29, 0.717) is 0 Å². The van der Waals surface area contributed by atoms with E-state index < -0.39 is 0 Å². The fraction of sp³-hybridized carbons (Fsp3) is 0.200. The molecule has 0 unspecified atom stereocenters. The van der Waals surface area contributed by atoms with Crippen molar-refractivity contribution < 1.29 is 0 Å². The minimum Gasteiger partial charge on any atom is -0.372 e. The zero-order valence-corrected chi connectivity index (χ0v) is 18.2. The summed E-state index contributed by atoms with van der Waals surface area (Å²) in [5, 5.41) is 0. The van der Waals surface area contributed by atoms with Gasteiger partial charge in [0.15, 0.2) is 0 Å². The number of hydrogen-bond acceptors (Lipinski definition) is 1. The number of benzene rings is 4. The van der Waals surface area contributed by atoms with E-state index >= 15 is 0 Å². The van der Waals surface area contributed by atoms with Gasteiger partial charge in [-0.3, -0.25) is 0 Å². The number of fused-ring (bicyclic) bond motifs is 9. The van der Waals surface area contributed by atoms with E-state index in [2.05, 4.69) is 110 Å². The van der Waals surface area contributed by atoms with Gasteiger partial charge >= 0.3 is 0 Å². The van der Waals surface area contributed by atoms with Gasteiger partial charge in [0.05, 0.1) is 5.41 Å². The molecular weight excluding hydrogens is 374 g/mol. The summed E-state index contributed by atoms with van der Waals surface area (Å²) in [5.41, 5.74) is 12.4. The Labute approximate surface area is 185 Å². The molecule has 4 aromatic carbocycles. The summed E-state index contributed by atoms with van der Waals surface area (Å²) < 4.78 is 0. The van der Waals surface area contributed by atoms with Crippen molar-refractivity contribution in [3.8, 4) is 11.1 Å². The quantitative estimate of drug-likeness (QED) is 0.315. The van der Waals surface area contributed by atoms with Gasteiger partial charge in [0.2, 0.25) is 0 Å². The third-order valence-corrected chi connectivity index (χ3v) is 7.38. The molecule has 1 spiro atoms. The molecule has 0 radical (unpaired) electrons. The fourth-order valence-corrected chi connectivity index (χ4v) is 6.06. The zero-order valence-electron chi connectivity index (χ0n) is 18.2. The third kappa shape index (κ3) is 2.38. The normalized spacial score (nSPS) is 14.5. The lowest BCUT2D eigenvalue weighted by molar-refractivity contribution is 0.720. The molecule has 1 heteroatoms. The summed E-state index contributed by atoms with van der Waals surface area (Å²) in [6.45, 7) is 6.53. The largest absolute Gasteiger partial charge is 0.372 e. The van der Waals surface area contributed by atoms with Gasteiger partial charge in [0, 0.05) is 18.8 Å². The van der Waals surface area contributed by atoms with E-state index in [-0.39, 0.29) is 5.41 Å². The summed E-state index contributed by atoms with van der Waals surface area (Å²) in [6, 6.07) is 34.3. The average molecular weight is 402 g/mol. The second-order valence-electron chi connectivity index (χ2n) is 8.69. The van der Waals surface area contributed by atoms with E-state index in [0.717, 1.165) is 19.5 Å². The van der Waals surface area contributed by atoms with Crippen LogP contribution in [0, 0.1) is 0 Å². The molecule has 152 valence electrons. The van der Waals surface area contributed by atoms with Gasteiger partial charge in [-0.05, 0) is 76.9 Å². The Morgan fingerprint density at radius 3 is 1.81 bits per heavy atom. The molecule has 0 aliphatic heterocycles. The smallest absolute Gasteiger partial charge is 0.0719 e. The van der Waals surface area contributed by atoms with Crippen LogP contribution < -0.4 is 4.90 Å². The Kier molecular flexibility index (Phi) is 4.08. The summed E-state index contributed by atoms with van der Waals surface area (Å²) in [6.07, 6.45) is 0.996. The molecule has 2 aliphatic rings. The molecule has 0 atom stereocenters. The molecule has 0 heterocycles. The SMILES string of the molecule is CCN(CC)c1ccc2c(c1)C1(c3ccccc3C2)c2ccccc2-c2ccccc21. The van der Waals surface area contributed by atoms with E-state index in [1.807, 2.05) is 0 Å². The molecule has 0 bridgehead atoms. The first-order valence-electron chi connectivity index (χ1n) is 11.4. The van der Waals surface area contributed by atoms with E-state index in [1.54, 1.807) is 0 Å². The van der Waals surface area contributed by atoms with Crippen LogP contribution in [0.15, 0.2) is 91.0 Å². The second kappa shape index (κ2) is 6.85. The van der Waals surface area contributed by atoms with Gasteiger partial charge in [0.25, 0.3) is 0 Å². The number of nitrogens with zero attached hydrogens (tertiary/aromatic N) is 1. The monoisotopic (exact) mass is 401 g/mol. The van der Waals surface area contributed by atoms with Gasteiger partial charge in [-0.25, -0.2) is 0 Å². The van der Waals surface area contributed by atoms with Crippen LogP contribution in [0.4, 0.5) is 5.69 Å². The van der Waals surface area contributed by atoms with Crippen molar-refractivity contribution in [1.29, 1.82) is 0 Å². The van der Waals surface area contributed by atoms with Crippen molar-refractivity contribution in [3.05, 3.63) is 124 Å². The Morgan fingerprint density at radius 1 is 0.613 bits per heavy atom. The average Bonchev–Trinajstić information content (AvgIpc) is 3.12. The molecule has 6 rings (SSSR count). The predicted molar refractivity (Wildman–Crippen MR) is 130 cm³/mol. The summed E-state index contributed by atoms with van der Waals surface area (Å²) >= 11 is 0. The highest BCUT2D eigenvalue weighted by molar-refractivity contribution is 5.88. The maximum Gasteiger partial charge on any atom is 0.0719 e. The number of hydrogen-bond donors (Lipinski definition) is 0. The Bertz CT molecular complexity index is 1250. The van der Waals surface area contributed by atoms with Gasteiger partial charge in [-0.2, -0.15) is 0 Å². The molecule has 0 saturated carbocycles. The lowest BCUT2D eigenvalue weighted by atomic mass is 9.61. The predicted octanol–water partition coefficient (Wildman–Crippen LogP) is 6.80. The summed E-state index contributed by atoms with van der Waals surface area (Å²) in [4.78, 5) is 2.46. The molecule has 0 aromatic heterocycles. The van der Waals surface area contributed by atoms with Crippen molar-refractivity contribution in [3.63, 3.8) is 0 Å². The first-order valence-corrected chi connectivity index (χ1v) is 11.4. The van der Waals surface area contributed by atoms with Crippen LogP contribution in [0.2, 0.25) is 0 Å². The van der Waals surface area contributed by atoms with Crippen LogP contribution >= 0.6 is 0 Å². The van der Waals surface area contributed by atoms with Crippen LogP contribution in [0.5, 0.6) is 0 Å². The fourth-order valence-electron chi connectivity index (χ4n) is 6.06. The van der Waals surface area contributed by atoms with Crippen LogP contribution in [-0.2, 0) is 11.8 Å². The number of anilines is 1. The molecule has 0 amide bonds. The number of rotatable bonds is 3. The van der Waals surface area contributed by atoms with E-state index in [1.165, 1.54) is 50.2 Å². The van der Waals surface area contributed by atoms with Gasteiger partial charge in [-0.15, -0.1) is 0 Å². The topological polar surface area (TPSA) is 3.24 Å². The highest BCUT2D eigenvalue weighted by atomic mass is 15.1. The molecular formula is C30H27N. The summed E-state index contributed by atoms with van der Waals surface area (Å²) in [7, 11) is 0. The molecule has 0 fully saturated rings. The van der Waals surface area contributed by atoms with Crippen molar-refractivity contribution in [2.75, 3.05) is 18.0 Å². The lowest BCUT2D eigenvalue weighted by Gasteiger charge is -2.41. The third-order valence-electron chi connectivity index (χ3n) is 7.38. The molecule has 1 nitrogen and oxygen atoms in total. The minimum atomic E-state index is -0.249. The highest BCUT2D eigenvalue weighted by Gasteiger charge is 2.49. The van der Waals surface area contributed by atoms with Crippen LogP contribution in [0.1, 0.15) is 47.2 Å². The second-order valence-corrected chi connectivity index (χ2v) is 8.69. The Morgan fingerprint density at radius 2 is 1.16 bits per heavy atom. The first kappa shape index (κ1) is 18.4. The van der Waals surface area contributed by atoms with Gasteiger partial charge in [-0.1, -0.05) is 78.9 Å². The maximum absolute atomic E-state index is 2.48. The summed E-state index contributed by atoms with van der Waals surface area (Å²) in [5.74, 6) is 0. The van der Waals surface area contributed by atoms with Gasteiger partial charge < -0.3 is 4.90 Å². The Hall–Kier alpha value is -3.32. The first-order chi connectivity index (χ1) is 15.3. The standard InChI is InChI=1S/C30H27N/c1-3-31(4-2)23-18-17-22-19-21-11-5-8-14-26(21)30(29(22)20-23)27-15-9-6-12-24(27)25-13-7-10-16-28(25)30/h5-18,20H,3-4,19H2,1-2H3. The van der Waals surface area contributed by atoms with Crippen LogP contribution in [0.3, 0.4) is 0 Å².